The van der Waals surface area contributed by atoms with Crippen LogP contribution in [0.5, 0.6) is 0 Å². The lowest BCUT2D eigenvalue weighted by atomic mass is 10.00. The lowest BCUT2D eigenvalue weighted by Crippen LogP contribution is -2.30. The summed E-state index contributed by atoms with van der Waals surface area (Å²) in [4.78, 5) is 72.7. The summed E-state index contributed by atoms with van der Waals surface area (Å²) < 4.78 is 68.4. The van der Waals surface area contributed by atoms with Gasteiger partial charge in [0.15, 0.2) is 12.2 Å². The van der Waals surface area contributed by atoms with Gasteiger partial charge >= 0.3 is 39.5 Å². The summed E-state index contributed by atoms with van der Waals surface area (Å²) >= 11 is 0. The fraction of sp³-hybridized carbons (Fsp3) is 0.947. The lowest BCUT2D eigenvalue weighted by molar-refractivity contribution is -0.161. The van der Waals surface area contributed by atoms with Crippen LogP contribution in [0.1, 0.15) is 376 Å². The third-order valence-corrected chi connectivity index (χ3v) is 19.6. The van der Waals surface area contributed by atoms with Gasteiger partial charge in [-0.25, -0.2) is 9.13 Å². The van der Waals surface area contributed by atoms with Crippen molar-refractivity contribution in [3.8, 4) is 0 Å². The second kappa shape index (κ2) is 64.4. The fourth-order valence-corrected chi connectivity index (χ4v) is 12.9. The molecule has 0 spiro atoms. The SMILES string of the molecule is CCC(C)CCCCCCCCC(=O)O[C@H](COC(=O)CCCCCCCCCCCCCCC(C)C)COP(=O)(O)OCC(O)COP(=O)(O)OC[C@@H](COC(=O)CCCCCCCCCC(C)C)OC(=O)CCCCCCCCCCCCCCCCCCC(C)C. The standard InChI is InChI=1S/C75H146O17P2/c1-9-68(8)54-46-38-33-34-42-50-58-75(80)92-71(62-85-72(77)55-47-39-30-24-20-17-16-19-23-28-36-44-52-66(4)5)64-90-94(83,84)88-60-69(76)59-87-93(81,82)89-63-70(61-86-73(78)56-48-40-32-26-29-37-45-53-67(6)7)91-74(79)57-49-41-31-25-21-15-13-11-10-12-14-18-22-27-35-43-51-65(2)3/h65-71,76H,9-64H2,1-8H3,(H,81,82)(H,83,84)/t68?,69?,70-,71-/m1/s1. The molecule has 0 saturated carbocycles. The van der Waals surface area contributed by atoms with Gasteiger partial charge in [0.2, 0.25) is 0 Å². The molecule has 17 nitrogen and oxygen atoms in total. The number of carbonyl (C=O) groups excluding carboxylic acids is 4. The fourth-order valence-electron chi connectivity index (χ4n) is 11.3. The van der Waals surface area contributed by atoms with Crippen molar-refractivity contribution in [2.45, 2.75) is 395 Å². The van der Waals surface area contributed by atoms with Crippen LogP contribution in [0.25, 0.3) is 0 Å². The summed E-state index contributed by atoms with van der Waals surface area (Å²) in [7, 11) is -9.91. The average Bonchev–Trinajstić information content (AvgIpc) is 1.24. The molecule has 0 aromatic rings. The number of aliphatic hydroxyl groups excluding tert-OH is 1. The first-order chi connectivity index (χ1) is 45.1. The number of hydrogen-bond acceptors (Lipinski definition) is 15. The number of ether oxygens (including phenoxy) is 4. The van der Waals surface area contributed by atoms with Crippen LogP contribution in [-0.2, 0) is 65.4 Å². The van der Waals surface area contributed by atoms with Crippen LogP contribution in [0.2, 0.25) is 0 Å². The normalized spacial score (nSPS) is 14.4. The second-order valence-electron chi connectivity index (χ2n) is 28.7. The van der Waals surface area contributed by atoms with Gasteiger partial charge < -0.3 is 33.8 Å². The predicted molar refractivity (Wildman–Crippen MR) is 381 cm³/mol. The highest BCUT2D eigenvalue weighted by Gasteiger charge is 2.30. The molecule has 0 saturated heterocycles. The van der Waals surface area contributed by atoms with E-state index in [1.54, 1.807) is 0 Å². The molecule has 558 valence electrons. The Morgan fingerprint density at radius 2 is 0.511 bits per heavy atom. The van der Waals surface area contributed by atoms with E-state index in [1.165, 1.54) is 173 Å². The smallest absolute Gasteiger partial charge is 0.462 e. The Labute approximate surface area is 575 Å². The van der Waals surface area contributed by atoms with Crippen LogP contribution < -0.4 is 0 Å². The molecule has 0 radical (unpaired) electrons. The maximum absolute atomic E-state index is 13.1. The number of unbranched alkanes of at least 4 members (excludes halogenated alkanes) is 37. The highest BCUT2D eigenvalue weighted by atomic mass is 31.2. The zero-order valence-electron chi connectivity index (χ0n) is 61.6. The minimum Gasteiger partial charge on any atom is -0.462 e. The maximum atomic E-state index is 13.1. The number of hydrogen-bond donors (Lipinski definition) is 3. The molecule has 19 heteroatoms. The van der Waals surface area contributed by atoms with E-state index in [-0.39, 0.29) is 25.7 Å². The molecule has 0 aliphatic carbocycles. The van der Waals surface area contributed by atoms with Gasteiger partial charge in [-0.2, -0.15) is 0 Å². The summed E-state index contributed by atoms with van der Waals surface area (Å²) in [5.41, 5.74) is 0. The molecule has 0 heterocycles. The zero-order chi connectivity index (χ0) is 69.6. The molecule has 0 aliphatic heterocycles. The summed E-state index contributed by atoms with van der Waals surface area (Å²) in [5.74, 6) is 0.890. The van der Waals surface area contributed by atoms with Crippen molar-refractivity contribution in [2.75, 3.05) is 39.6 Å². The van der Waals surface area contributed by atoms with Crippen molar-refractivity contribution in [1.82, 2.24) is 0 Å². The third kappa shape index (κ3) is 67.3. The van der Waals surface area contributed by atoms with Gasteiger partial charge in [0.25, 0.3) is 0 Å². The van der Waals surface area contributed by atoms with Crippen molar-refractivity contribution in [1.29, 1.82) is 0 Å². The molecule has 0 amide bonds. The van der Waals surface area contributed by atoms with E-state index < -0.39 is 97.5 Å². The molecule has 0 rings (SSSR count). The number of phosphoric acid groups is 2. The molecule has 0 aromatic heterocycles. The van der Waals surface area contributed by atoms with Crippen LogP contribution >= 0.6 is 15.6 Å². The first kappa shape index (κ1) is 92.1. The Hall–Kier alpha value is -1.94. The Morgan fingerprint density at radius 3 is 0.755 bits per heavy atom. The predicted octanol–water partition coefficient (Wildman–Crippen LogP) is 21.7. The van der Waals surface area contributed by atoms with Gasteiger partial charge in [0, 0.05) is 25.7 Å². The first-order valence-electron chi connectivity index (χ1n) is 38.7. The Balaban J connectivity index is 5.19. The molecule has 0 aromatic carbocycles. The van der Waals surface area contributed by atoms with Crippen molar-refractivity contribution < 1.29 is 80.2 Å². The second-order valence-corrected chi connectivity index (χ2v) is 31.6. The topological polar surface area (TPSA) is 237 Å². The minimum absolute atomic E-state index is 0.103. The number of esters is 4. The molecular formula is C75H146O17P2. The largest absolute Gasteiger partial charge is 0.472 e. The number of phosphoric ester groups is 2. The van der Waals surface area contributed by atoms with Gasteiger partial charge in [-0.1, -0.05) is 325 Å². The minimum atomic E-state index is -4.96. The summed E-state index contributed by atoms with van der Waals surface area (Å²) in [6, 6.07) is 0. The van der Waals surface area contributed by atoms with Crippen LogP contribution in [0, 0.1) is 23.7 Å². The van der Waals surface area contributed by atoms with Crippen molar-refractivity contribution >= 4 is 39.5 Å². The third-order valence-electron chi connectivity index (χ3n) is 17.7. The summed E-state index contributed by atoms with van der Waals surface area (Å²) in [6.07, 6.45) is 48.8. The number of rotatable bonds is 72. The van der Waals surface area contributed by atoms with Gasteiger partial charge in [-0.3, -0.25) is 37.3 Å². The highest BCUT2D eigenvalue weighted by Crippen LogP contribution is 2.45. The van der Waals surface area contributed by atoms with E-state index in [4.69, 9.17) is 37.0 Å². The molecule has 94 heavy (non-hydrogen) atoms. The van der Waals surface area contributed by atoms with Crippen LogP contribution in [0.15, 0.2) is 0 Å². The Bertz CT molecular complexity index is 1850. The molecule has 3 N–H and O–H groups in total. The summed E-state index contributed by atoms with van der Waals surface area (Å²) in [5, 5.41) is 10.6. The first-order valence-corrected chi connectivity index (χ1v) is 41.7. The maximum Gasteiger partial charge on any atom is 0.472 e. The molecule has 0 fully saturated rings. The number of aliphatic hydroxyl groups is 1. The molecule has 6 atom stereocenters. The van der Waals surface area contributed by atoms with Gasteiger partial charge in [0.1, 0.15) is 19.3 Å². The summed E-state index contributed by atoms with van der Waals surface area (Å²) in [6.45, 7) is 14.1. The van der Waals surface area contributed by atoms with Crippen molar-refractivity contribution in [2.24, 2.45) is 23.7 Å². The Morgan fingerprint density at radius 1 is 0.298 bits per heavy atom. The van der Waals surface area contributed by atoms with Crippen molar-refractivity contribution in [3.05, 3.63) is 0 Å². The van der Waals surface area contributed by atoms with Crippen LogP contribution in [-0.4, -0.2) is 96.7 Å². The van der Waals surface area contributed by atoms with Gasteiger partial charge in [0.05, 0.1) is 26.4 Å². The molecular weight excluding hydrogens is 1230 g/mol. The number of carbonyl (C=O) groups is 4. The van der Waals surface area contributed by atoms with Crippen LogP contribution in [0.4, 0.5) is 0 Å². The lowest BCUT2D eigenvalue weighted by Gasteiger charge is -2.21. The average molecular weight is 1380 g/mol. The van der Waals surface area contributed by atoms with E-state index in [2.05, 4.69) is 55.4 Å². The zero-order valence-corrected chi connectivity index (χ0v) is 63.4. The van der Waals surface area contributed by atoms with Gasteiger partial charge in [-0.15, -0.1) is 0 Å². The monoisotopic (exact) mass is 1380 g/mol. The van der Waals surface area contributed by atoms with E-state index in [0.29, 0.717) is 31.6 Å². The highest BCUT2D eigenvalue weighted by molar-refractivity contribution is 7.47. The molecule has 0 aliphatic rings. The molecule has 4 unspecified atom stereocenters. The van der Waals surface area contributed by atoms with E-state index >= 15 is 0 Å². The van der Waals surface area contributed by atoms with Gasteiger partial charge in [-0.05, 0) is 49.4 Å². The van der Waals surface area contributed by atoms with Crippen LogP contribution in [0.3, 0.4) is 0 Å². The van der Waals surface area contributed by atoms with E-state index in [9.17, 15) is 43.2 Å². The Kier molecular flexibility index (Phi) is 63.1. The van der Waals surface area contributed by atoms with Crippen molar-refractivity contribution in [3.63, 3.8) is 0 Å². The quantitative estimate of drug-likeness (QED) is 0.0222. The van der Waals surface area contributed by atoms with E-state index in [0.717, 1.165) is 114 Å². The van der Waals surface area contributed by atoms with E-state index in [1.807, 2.05) is 0 Å². The molecule has 0 bridgehead atoms.